The molecular weight excluding hydrogens is 234 g/mol. The summed E-state index contributed by atoms with van der Waals surface area (Å²) in [6, 6.07) is 4.77. The van der Waals surface area contributed by atoms with E-state index in [-0.39, 0.29) is 12.2 Å². The summed E-state index contributed by atoms with van der Waals surface area (Å²) in [6.45, 7) is 3.91. The summed E-state index contributed by atoms with van der Waals surface area (Å²) in [4.78, 5) is 14.9. The third kappa shape index (κ3) is 2.51. The number of aromatic nitrogens is 1. The van der Waals surface area contributed by atoms with Gasteiger partial charge in [0, 0.05) is 0 Å². The first-order valence-corrected chi connectivity index (χ1v) is 5.43. The maximum Gasteiger partial charge on any atom is 0.335 e. The van der Waals surface area contributed by atoms with Crippen LogP contribution in [0.3, 0.4) is 0 Å². The molecule has 0 saturated heterocycles. The van der Waals surface area contributed by atoms with Gasteiger partial charge in [0.1, 0.15) is 23.8 Å². The Morgan fingerprint density at radius 1 is 1.44 bits per heavy atom. The number of benzene rings is 1. The molecule has 0 spiro atoms. The van der Waals surface area contributed by atoms with Gasteiger partial charge in [-0.15, -0.1) is 0 Å². The Balaban J connectivity index is 2.16. The minimum Gasteiger partial charge on any atom is -0.487 e. The predicted octanol–water partition coefficient (Wildman–Crippen LogP) is 2.57. The van der Waals surface area contributed by atoms with E-state index < -0.39 is 5.97 Å². The maximum absolute atomic E-state index is 10.9. The van der Waals surface area contributed by atoms with Crippen molar-refractivity contribution in [2.24, 2.45) is 0 Å². The summed E-state index contributed by atoms with van der Waals surface area (Å²) < 4.78 is 10.6. The molecule has 0 atom stereocenters. The van der Waals surface area contributed by atoms with E-state index in [1.807, 2.05) is 6.92 Å². The van der Waals surface area contributed by atoms with Crippen molar-refractivity contribution in [3.8, 4) is 5.75 Å². The molecule has 1 N–H and O–H groups in total. The highest BCUT2D eigenvalue weighted by molar-refractivity contribution is 5.88. The van der Waals surface area contributed by atoms with E-state index in [0.717, 1.165) is 5.56 Å². The van der Waals surface area contributed by atoms with Gasteiger partial charge >= 0.3 is 5.97 Å². The number of carboxylic acid groups (broad SMARTS) is 1. The van der Waals surface area contributed by atoms with Gasteiger partial charge in [0.2, 0.25) is 0 Å². The Morgan fingerprint density at radius 3 is 2.83 bits per heavy atom. The lowest BCUT2D eigenvalue weighted by Crippen LogP contribution is -2.02. The highest BCUT2D eigenvalue weighted by atomic mass is 16.5. The van der Waals surface area contributed by atoms with E-state index in [2.05, 4.69) is 4.98 Å². The van der Waals surface area contributed by atoms with Gasteiger partial charge in [0.15, 0.2) is 6.39 Å². The quantitative estimate of drug-likeness (QED) is 0.898. The molecule has 5 nitrogen and oxygen atoms in total. The molecule has 2 aromatic rings. The monoisotopic (exact) mass is 247 g/mol. The molecular formula is C13H13NO4. The Bertz CT molecular complexity index is 574. The van der Waals surface area contributed by atoms with Crippen LogP contribution in [0.1, 0.15) is 27.4 Å². The normalized spacial score (nSPS) is 10.3. The van der Waals surface area contributed by atoms with Crippen LogP contribution in [0, 0.1) is 13.8 Å². The molecule has 0 saturated carbocycles. The summed E-state index contributed by atoms with van der Waals surface area (Å²) in [5, 5.41) is 8.91. The zero-order valence-corrected chi connectivity index (χ0v) is 10.1. The molecule has 0 bridgehead atoms. The summed E-state index contributed by atoms with van der Waals surface area (Å²) in [7, 11) is 0. The molecule has 1 aromatic heterocycles. The Kier molecular flexibility index (Phi) is 3.32. The number of oxazole rings is 1. The molecule has 0 aliphatic rings. The van der Waals surface area contributed by atoms with Crippen LogP contribution in [0.2, 0.25) is 0 Å². The molecule has 0 radical (unpaired) electrons. The molecule has 0 fully saturated rings. The van der Waals surface area contributed by atoms with Gasteiger partial charge in [-0.1, -0.05) is 6.07 Å². The van der Waals surface area contributed by atoms with E-state index in [1.54, 1.807) is 19.1 Å². The van der Waals surface area contributed by atoms with Gasteiger partial charge in [-0.3, -0.25) is 0 Å². The third-order valence-electron chi connectivity index (χ3n) is 2.64. The van der Waals surface area contributed by atoms with Crippen LogP contribution >= 0.6 is 0 Å². The van der Waals surface area contributed by atoms with Crippen molar-refractivity contribution in [2.75, 3.05) is 0 Å². The average Bonchev–Trinajstić information content (AvgIpc) is 2.73. The van der Waals surface area contributed by atoms with Crippen molar-refractivity contribution in [1.29, 1.82) is 0 Å². The number of ether oxygens (including phenoxy) is 1. The standard InChI is InChI=1S/C13H13NO4/c1-8-3-4-10(13(15)16)5-12(8)17-6-11-9(2)18-7-14-11/h3-5,7H,6H2,1-2H3,(H,15,16). The topological polar surface area (TPSA) is 72.6 Å². The smallest absolute Gasteiger partial charge is 0.335 e. The Hall–Kier alpha value is -2.30. The van der Waals surface area contributed by atoms with Crippen LogP contribution in [-0.4, -0.2) is 16.1 Å². The number of aromatic carboxylic acids is 1. The number of carbonyl (C=O) groups is 1. The molecule has 94 valence electrons. The largest absolute Gasteiger partial charge is 0.487 e. The lowest BCUT2D eigenvalue weighted by atomic mass is 10.1. The van der Waals surface area contributed by atoms with Crippen LogP contribution in [-0.2, 0) is 6.61 Å². The van der Waals surface area contributed by atoms with Crippen molar-refractivity contribution in [1.82, 2.24) is 4.98 Å². The van der Waals surface area contributed by atoms with Crippen molar-refractivity contribution in [3.63, 3.8) is 0 Å². The van der Waals surface area contributed by atoms with Gasteiger partial charge in [0.25, 0.3) is 0 Å². The zero-order valence-electron chi connectivity index (χ0n) is 10.1. The molecule has 1 aromatic carbocycles. The number of rotatable bonds is 4. The van der Waals surface area contributed by atoms with Crippen molar-refractivity contribution >= 4 is 5.97 Å². The highest BCUT2D eigenvalue weighted by Gasteiger charge is 2.09. The van der Waals surface area contributed by atoms with Gasteiger partial charge in [-0.2, -0.15) is 0 Å². The van der Waals surface area contributed by atoms with Crippen molar-refractivity contribution in [3.05, 3.63) is 47.2 Å². The van der Waals surface area contributed by atoms with Crippen LogP contribution in [0.15, 0.2) is 29.0 Å². The molecule has 18 heavy (non-hydrogen) atoms. The van der Waals surface area contributed by atoms with Crippen LogP contribution in [0.25, 0.3) is 0 Å². The minimum atomic E-state index is -0.975. The SMILES string of the molecule is Cc1ccc(C(=O)O)cc1OCc1ncoc1C. The number of aryl methyl sites for hydroxylation is 2. The number of nitrogens with zero attached hydrogens (tertiary/aromatic N) is 1. The van der Waals surface area contributed by atoms with E-state index in [9.17, 15) is 4.79 Å². The summed E-state index contributed by atoms with van der Waals surface area (Å²) in [5.74, 6) is 0.261. The number of hydrogen-bond donors (Lipinski definition) is 1. The van der Waals surface area contributed by atoms with Gasteiger partial charge in [-0.25, -0.2) is 9.78 Å². The first-order chi connectivity index (χ1) is 8.58. The van der Waals surface area contributed by atoms with E-state index >= 15 is 0 Å². The molecule has 0 amide bonds. The summed E-state index contributed by atoms with van der Waals surface area (Å²) in [6.07, 6.45) is 1.36. The van der Waals surface area contributed by atoms with Crippen LogP contribution in [0.5, 0.6) is 5.75 Å². The average molecular weight is 247 g/mol. The molecule has 1 heterocycles. The highest BCUT2D eigenvalue weighted by Crippen LogP contribution is 2.21. The van der Waals surface area contributed by atoms with Crippen LogP contribution < -0.4 is 4.74 Å². The second-order valence-corrected chi connectivity index (χ2v) is 3.93. The van der Waals surface area contributed by atoms with Crippen molar-refractivity contribution < 1.29 is 19.1 Å². The second kappa shape index (κ2) is 4.91. The first kappa shape index (κ1) is 12.2. The van der Waals surface area contributed by atoms with Gasteiger partial charge < -0.3 is 14.3 Å². The minimum absolute atomic E-state index is 0.201. The third-order valence-corrected chi connectivity index (χ3v) is 2.64. The second-order valence-electron chi connectivity index (χ2n) is 3.93. The predicted molar refractivity (Wildman–Crippen MR) is 63.7 cm³/mol. The maximum atomic E-state index is 10.9. The number of hydrogen-bond acceptors (Lipinski definition) is 4. The number of carboxylic acids is 1. The summed E-state index contributed by atoms with van der Waals surface area (Å²) in [5.41, 5.74) is 1.78. The fourth-order valence-electron chi connectivity index (χ4n) is 1.50. The summed E-state index contributed by atoms with van der Waals surface area (Å²) >= 11 is 0. The Morgan fingerprint density at radius 2 is 2.22 bits per heavy atom. The lowest BCUT2D eigenvalue weighted by molar-refractivity contribution is 0.0696. The first-order valence-electron chi connectivity index (χ1n) is 5.43. The molecule has 2 rings (SSSR count). The Labute approximate surface area is 104 Å². The molecule has 0 aliphatic heterocycles. The van der Waals surface area contributed by atoms with Gasteiger partial charge in [0.05, 0.1) is 5.56 Å². The van der Waals surface area contributed by atoms with Crippen LogP contribution in [0.4, 0.5) is 0 Å². The van der Waals surface area contributed by atoms with Crippen molar-refractivity contribution in [2.45, 2.75) is 20.5 Å². The molecule has 5 heteroatoms. The zero-order chi connectivity index (χ0) is 13.1. The fraction of sp³-hybridized carbons (Fsp3) is 0.231. The molecule has 0 unspecified atom stereocenters. The van der Waals surface area contributed by atoms with E-state index in [0.29, 0.717) is 17.2 Å². The van der Waals surface area contributed by atoms with Gasteiger partial charge in [-0.05, 0) is 31.5 Å². The molecule has 0 aliphatic carbocycles. The van der Waals surface area contributed by atoms with E-state index in [4.69, 9.17) is 14.3 Å². The lowest BCUT2D eigenvalue weighted by Gasteiger charge is -2.08. The van der Waals surface area contributed by atoms with E-state index in [1.165, 1.54) is 12.5 Å². The fourth-order valence-corrected chi connectivity index (χ4v) is 1.50.